The molecule has 1 aromatic rings. The van der Waals surface area contributed by atoms with Crippen molar-refractivity contribution in [2.24, 2.45) is 5.92 Å². The lowest BCUT2D eigenvalue weighted by Crippen LogP contribution is -2.51. The Balaban J connectivity index is 1.43. The number of benzene rings is 1. The zero-order chi connectivity index (χ0) is 21.3. The molecule has 0 aromatic heterocycles. The lowest BCUT2D eigenvalue weighted by molar-refractivity contribution is -0.133. The predicted octanol–water partition coefficient (Wildman–Crippen LogP) is 2.57. The number of carbonyl (C=O) groups is 1. The summed E-state index contributed by atoms with van der Waals surface area (Å²) in [7, 11) is 0. The topological polar surface area (TPSA) is 30.0 Å². The van der Waals surface area contributed by atoms with Gasteiger partial charge in [0.1, 0.15) is 5.82 Å². The molecule has 2 fully saturated rings. The third-order valence-electron chi connectivity index (χ3n) is 6.69. The zero-order valence-electron chi connectivity index (χ0n) is 18.9. The highest BCUT2D eigenvalue weighted by atomic mass is 19.1. The van der Waals surface area contributed by atoms with Gasteiger partial charge in [-0.05, 0) is 62.9 Å². The van der Waals surface area contributed by atoms with Crippen molar-refractivity contribution in [3.05, 3.63) is 35.6 Å². The van der Waals surface area contributed by atoms with Crippen LogP contribution in [0.3, 0.4) is 0 Å². The van der Waals surface area contributed by atoms with Crippen LogP contribution in [-0.4, -0.2) is 97.5 Å². The molecule has 1 unspecified atom stereocenters. The monoisotopic (exact) mass is 418 g/mol. The molecule has 1 amide bonds. The summed E-state index contributed by atoms with van der Waals surface area (Å²) in [4.78, 5) is 22.2. The van der Waals surface area contributed by atoms with Crippen LogP contribution in [0.15, 0.2) is 24.3 Å². The molecular formula is C24H39FN4O. The fraction of sp³-hybridized carbons (Fsp3) is 0.708. The van der Waals surface area contributed by atoms with E-state index in [9.17, 15) is 9.18 Å². The fourth-order valence-electron chi connectivity index (χ4n) is 4.76. The van der Waals surface area contributed by atoms with Crippen molar-refractivity contribution in [1.82, 2.24) is 19.6 Å². The number of carbonyl (C=O) groups excluding carboxylic acids is 1. The summed E-state index contributed by atoms with van der Waals surface area (Å²) in [6, 6.07) is 6.93. The molecule has 0 N–H and O–H groups in total. The van der Waals surface area contributed by atoms with Crippen molar-refractivity contribution < 1.29 is 9.18 Å². The molecule has 2 saturated heterocycles. The molecule has 0 spiro atoms. The summed E-state index contributed by atoms with van der Waals surface area (Å²) in [6.45, 7) is 14.8. The van der Waals surface area contributed by atoms with Crippen molar-refractivity contribution in [3.8, 4) is 0 Å². The van der Waals surface area contributed by atoms with Crippen LogP contribution in [0, 0.1) is 11.7 Å². The van der Waals surface area contributed by atoms with Crippen molar-refractivity contribution in [1.29, 1.82) is 0 Å². The molecule has 2 heterocycles. The van der Waals surface area contributed by atoms with Gasteiger partial charge in [-0.3, -0.25) is 9.69 Å². The van der Waals surface area contributed by atoms with Gasteiger partial charge in [0.05, 0.1) is 6.54 Å². The quantitative estimate of drug-likeness (QED) is 0.617. The molecule has 0 bridgehead atoms. The maximum Gasteiger partial charge on any atom is 0.236 e. The van der Waals surface area contributed by atoms with Crippen molar-refractivity contribution in [2.45, 2.75) is 33.1 Å². The van der Waals surface area contributed by atoms with Crippen molar-refractivity contribution >= 4 is 5.91 Å². The van der Waals surface area contributed by atoms with Gasteiger partial charge < -0.3 is 14.7 Å². The lowest BCUT2D eigenvalue weighted by atomic mass is 9.96. The Hall–Kier alpha value is -1.50. The van der Waals surface area contributed by atoms with Crippen molar-refractivity contribution in [3.63, 3.8) is 0 Å². The van der Waals surface area contributed by atoms with Crippen LogP contribution in [0.2, 0.25) is 0 Å². The first-order chi connectivity index (χ1) is 14.6. The molecule has 0 aliphatic carbocycles. The van der Waals surface area contributed by atoms with Gasteiger partial charge in [-0.25, -0.2) is 4.39 Å². The summed E-state index contributed by atoms with van der Waals surface area (Å²) >= 11 is 0. The second-order valence-electron chi connectivity index (χ2n) is 8.83. The van der Waals surface area contributed by atoms with Crippen molar-refractivity contribution in [2.75, 3.05) is 72.0 Å². The van der Waals surface area contributed by atoms with E-state index in [-0.39, 0.29) is 11.7 Å². The molecule has 168 valence electrons. The van der Waals surface area contributed by atoms with Gasteiger partial charge >= 0.3 is 0 Å². The number of likely N-dealkylation sites (N-methyl/N-ethyl adjacent to an activating group) is 2. The number of amides is 1. The van der Waals surface area contributed by atoms with Gasteiger partial charge in [-0.15, -0.1) is 0 Å². The van der Waals surface area contributed by atoms with E-state index < -0.39 is 0 Å². The van der Waals surface area contributed by atoms with Gasteiger partial charge in [-0.2, -0.15) is 0 Å². The van der Waals surface area contributed by atoms with E-state index in [2.05, 4.69) is 33.4 Å². The van der Waals surface area contributed by atoms with Crippen LogP contribution in [0.1, 0.15) is 32.3 Å². The average molecular weight is 419 g/mol. The largest absolute Gasteiger partial charge is 0.342 e. The van der Waals surface area contributed by atoms with E-state index >= 15 is 0 Å². The molecule has 2 aliphatic rings. The standard InChI is InChI=1S/C24H39FN4O/c1-3-26-13-15-28(16-14-26)20-24(30)29(4-2)19-22-8-6-11-27(18-22)12-10-21-7-5-9-23(25)17-21/h5,7,9,17,22H,3-4,6,8,10-16,18-20H2,1-2H3. The summed E-state index contributed by atoms with van der Waals surface area (Å²) in [5.74, 6) is 0.656. The van der Waals surface area contributed by atoms with E-state index in [0.29, 0.717) is 12.5 Å². The van der Waals surface area contributed by atoms with Gasteiger partial charge in [0.15, 0.2) is 0 Å². The summed E-state index contributed by atoms with van der Waals surface area (Å²) in [6.07, 6.45) is 3.25. The fourth-order valence-corrected chi connectivity index (χ4v) is 4.76. The molecule has 0 radical (unpaired) electrons. The number of piperazine rings is 1. The van der Waals surface area contributed by atoms with Crippen LogP contribution in [0.25, 0.3) is 0 Å². The normalized spacial score (nSPS) is 21.6. The van der Waals surface area contributed by atoms with E-state index in [1.54, 1.807) is 12.1 Å². The second kappa shape index (κ2) is 11.8. The van der Waals surface area contributed by atoms with Crippen LogP contribution in [-0.2, 0) is 11.2 Å². The molecule has 6 heteroatoms. The van der Waals surface area contributed by atoms with Crippen LogP contribution in [0.5, 0.6) is 0 Å². The molecule has 1 aromatic carbocycles. The van der Waals surface area contributed by atoms with Gasteiger partial charge in [0.2, 0.25) is 5.91 Å². The highest BCUT2D eigenvalue weighted by molar-refractivity contribution is 5.78. The van der Waals surface area contributed by atoms with Crippen LogP contribution < -0.4 is 0 Å². The number of piperidine rings is 1. The third-order valence-corrected chi connectivity index (χ3v) is 6.69. The smallest absolute Gasteiger partial charge is 0.236 e. The molecule has 2 aliphatic heterocycles. The maximum atomic E-state index is 13.4. The molecule has 5 nitrogen and oxygen atoms in total. The molecule has 0 saturated carbocycles. The maximum absolute atomic E-state index is 13.4. The predicted molar refractivity (Wildman–Crippen MR) is 120 cm³/mol. The van der Waals surface area contributed by atoms with E-state index in [4.69, 9.17) is 0 Å². The summed E-state index contributed by atoms with van der Waals surface area (Å²) in [5.41, 5.74) is 1.06. The first-order valence-electron chi connectivity index (χ1n) is 11.8. The van der Waals surface area contributed by atoms with Gasteiger partial charge in [0, 0.05) is 52.4 Å². The SMILES string of the molecule is CCN1CCN(CC(=O)N(CC)CC2CCCN(CCc3cccc(F)c3)C2)CC1. The van der Waals surface area contributed by atoms with Gasteiger partial charge in [0.25, 0.3) is 0 Å². The van der Waals surface area contributed by atoms with E-state index in [1.165, 1.54) is 18.9 Å². The minimum Gasteiger partial charge on any atom is -0.342 e. The van der Waals surface area contributed by atoms with E-state index in [0.717, 1.165) is 77.4 Å². The molecule has 30 heavy (non-hydrogen) atoms. The molecular weight excluding hydrogens is 379 g/mol. The third kappa shape index (κ3) is 7.03. The number of hydrogen-bond acceptors (Lipinski definition) is 4. The Labute approximate surface area is 181 Å². The number of hydrogen-bond donors (Lipinski definition) is 0. The van der Waals surface area contributed by atoms with Crippen LogP contribution >= 0.6 is 0 Å². The molecule has 1 atom stereocenters. The minimum absolute atomic E-state index is 0.155. The number of likely N-dealkylation sites (tertiary alicyclic amines) is 1. The highest BCUT2D eigenvalue weighted by Crippen LogP contribution is 2.19. The Morgan fingerprint density at radius 1 is 1.10 bits per heavy atom. The average Bonchev–Trinajstić information content (AvgIpc) is 2.77. The highest BCUT2D eigenvalue weighted by Gasteiger charge is 2.25. The Kier molecular flexibility index (Phi) is 9.09. The summed E-state index contributed by atoms with van der Waals surface area (Å²) in [5, 5.41) is 0. The first kappa shape index (κ1) is 23.2. The number of rotatable bonds is 9. The Bertz CT molecular complexity index is 662. The number of halogens is 1. The van der Waals surface area contributed by atoms with E-state index in [1.807, 2.05) is 6.07 Å². The zero-order valence-corrected chi connectivity index (χ0v) is 18.9. The first-order valence-corrected chi connectivity index (χ1v) is 11.8. The van der Waals surface area contributed by atoms with Gasteiger partial charge in [-0.1, -0.05) is 19.1 Å². The number of nitrogens with zero attached hydrogens (tertiary/aromatic N) is 4. The Morgan fingerprint density at radius 2 is 1.87 bits per heavy atom. The minimum atomic E-state index is -0.155. The van der Waals surface area contributed by atoms with Crippen LogP contribution in [0.4, 0.5) is 4.39 Å². The second-order valence-corrected chi connectivity index (χ2v) is 8.83. The summed E-state index contributed by atoms with van der Waals surface area (Å²) < 4.78 is 13.4. The molecule has 3 rings (SSSR count). The lowest BCUT2D eigenvalue weighted by Gasteiger charge is -2.37. The Morgan fingerprint density at radius 3 is 2.57 bits per heavy atom.